The summed E-state index contributed by atoms with van der Waals surface area (Å²) in [5, 5.41) is 0. The zero-order valence-electron chi connectivity index (χ0n) is 19.3. The SMILES string of the molecule is COC(=O)c1cc(S(=O)(=O)NCCSc2ccc(Oc3ccc(F)c(C)c3)cc2)cc(C)c1C. The van der Waals surface area contributed by atoms with E-state index in [0.29, 0.717) is 33.9 Å². The van der Waals surface area contributed by atoms with Gasteiger partial charge in [0.2, 0.25) is 10.0 Å². The third-order valence-corrected chi connectivity index (χ3v) is 7.66. The summed E-state index contributed by atoms with van der Waals surface area (Å²) in [5.41, 5.74) is 2.11. The Balaban J connectivity index is 1.56. The number of esters is 1. The van der Waals surface area contributed by atoms with Gasteiger partial charge in [0.05, 0.1) is 17.6 Å². The predicted molar refractivity (Wildman–Crippen MR) is 131 cm³/mol. The van der Waals surface area contributed by atoms with Crippen molar-refractivity contribution >= 4 is 27.8 Å². The van der Waals surface area contributed by atoms with Crippen LogP contribution in [-0.2, 0) is 14.8 Å². The maximum atomic E-state index is 13.4. The van der Waals surface area contributed by atoms with E-state index in [-0.39, 0.29) is 22.8 Å². The van der Waals surface area contributed by atoms with Crippen LogP contribution in [-0.4, -0.2) is 33.8 Å². The molecule has 0 bridgehead atoms. The van der Waals surface area contributed by atoms with Crippen LogP contribution >= 0.6 is 11.8 Å². The Kier molecular flexibility index (Phi) is 8.35. The van der Waals surface area contributed by atoms with Crippen molar-refractivity contribution in [3.63, 3.8) is 0 Å². The Bertz CT molecular complexity index is 1290. The Morgan fingerprint density at radius 3 is 2.29 bits per heavy atom. The van der Waals surface area contributed by atoms with Gasteiger partial charge in [-0.1, -0.05) is 0 Å². The summed E-state index contributed by atoms with van der Waals surface area (Å²) in [4.78, 5) is 12.9. The number of ether oxygens (including phenoxy) is 2. The molecule has 0 unspecified atom stereocenters. The van der Waals surface area contributed by atoms with Crippen LogP contribution in [0.1, 0.15) is 27.0 Å². The van der Waals surface area contributed by atoms with Crippen molar-refractivity contribution in [1.29, 1.82) is 0 Å². The van der Waals surface area contributed by atoms with Gasteiger partial charge in [0, 0.05) is 17.2 Å². The first-order valence-corrected chi connectivity index (χ1v) is 12.9. The van der Waals surface area contributed by atoms with Crippen LogP contribution in [0.5, 0.6) is 11.5 Å². The molecule has 3 rings (SSSR count). The summed E-state index contributed by atoms with van der Waals surface area (Å²) in [6, 6.07) is 14.8. The fourth-order valence-corrected chi connectivity index (χ4v) is 5.19. The molecule has 3 aromatic carbocycles. The third kappa shape index (κ3) is 6.37. The number of hydrogen-bond acceptors (Lipinski definition) is 6. The summed E-state index contributed by atoms with van der Waals surface area (Å²) < 4.78 is 51.9. The molecular weight excluding hydrogens is 477 g/mol. The third-order valence-electron chi connectivity index (χ3n) is 5.21. The van der Waals surface area contributed by atoms with Gasteiger partial charge in [-0.05, 0) is 92.1 Å². The zero-order valence-corrected chi connectivity index (χ0v) is 21.0. The smallest absolute Gasteiger partial charge is 0.338 e. The molecule has 0 spiro atoms. The van der Waals surface area contributed by atoms with Crippen LogP contribution in [0, 0.1) is 26.6 Å². The Hall–Kier alpha value is -2.88. The van der Waals surface area contributed by atoms with Gasteiger partial charge >= 0.3 is 5.97 Å². The quantitative estimate of drug-likeness (QED) is 0.239. The molecule has 180 valence electrons. The minimum absolute atomic E-state index is 0.0264. The highest BCUT2D eigenvalue weighted by atomic mass is 32.2. The molecule has 9 heteroatoms. The van der Waals surface area contributed by atoms with Gasteiger partial charge < -0.3 is 9.47 Å². The molecule has 0 fully saturated rings. The van der Waals surface area contributed by atoms with Crippen LogP contribution in [0.3, 0.4) is 0 Å². The molecule has 0 atom stereocenters. The van der Waals surface area contributed by atoms with E-state index in [1.54, 1.807) is 51.1 Å². The lowest BCUT2D eigenvalue weighted by molar-refractivity contribution is 0.0599. The second kappa shape index (κ2) is 11.0. The van der Waals surface area contributed by atoms with Gasteiger partial charge in [0.1, 0.15) is 17.3 Å². The molecule has 0 saturated heterocycles. The molecule has 0 heterocycles. The highest BCUT2D eigenvalue weighted by Crippen LogP contribution is 2.26. The van der Waals surface area contributed by atoms with Gasteiger partial charge in [-0.2, -0.15) is 0 Å². The Labute approximate surface area is 203 Å². The van der Waals surface area contributed by atoms with Gasteiger partial charge in [-0.3, -0.25) is 0 Å². The summed E-state index contributed by atoms with van der Waals surface area (Å²) in [5.74, 6) is 0.819. The van der Waals surface area contributed by atoms with Crippen LogP contribution in [0.25, 0.3) is 0 Å². The van der Waals surface area contributed by atoms with E-state index >= 15 is 0 Å². The molecule has 1 N–H and O–H groups in total. The van der Waals surface area contributed by atoms with Gasteiger partial charge in [0.15, 0.2) is 0 Å². The molecule has 0 saturated carbocycles. The fourth-order valence-electron chi connectivity index (χ4n) is 3.15. The van der Waals surface area contributed by atoms with E-state index in [1.807, 2.05) is 12.1 Å². The second-order valence-corrected chi connectivity index (χ2v) is 10.6. The number of benzene rings is 3. The number of carbonyl (C=O) groups excluding carboxylic acids is 1. The average molecular weight is 504 g/mol. The van der Waals surface area contributed by atoms with Crippen molar-refractivity contribution in [2.24, 2.45) is 0 Å². The number of aryl methyl sites for hydroxylation is 2. The van der Waals surface area contributed by atoms with Crippen molar-refractivity contribution in [3.8, 4) is 11.5 Å². The van der Waals surface area contributed by atoms with E-state index in [1.165, 1.54) is 31.0 Å². The molecule has 0 radical (unpaired) electrons. The number of rotatable bonds is 9. The molecule has 34 heavy (non-hydrogen) atoms. The molecule has 6 nitrogen and oxygen atoms in total. The molecule has 0 aliphatic heterocycles. The minimum Gasteiger partial charge on any atom is -0.465 e. The molecular formula is C25H26FNO5S2. The van der Waals surface area contributed by atoms with Crippen LogP contribution < -0.4 is 9.46 Å². The van der Waals surface area contributed by atoms with Crippen molar-refractivity contribution in [2.45, 2.75) is 30.6 Å². The molecule has 0 amide bonds. The van der Waals surface area contributed by atoms with E-state index in [9.17, 15) is 17.6 Å². The second-order valence-electron chi connectivity index (χ2n) is 7.64. The average Bonchev–Trinajstić information content (AvgIpc) is 2.81. The van der Waals surface area contributed by atoms with E-state index in [0.717, 1.165) is 4.90 Å². The molecule has 0 aliphatic carbocycles. The van der Waals surface area contributed by atoms with Crippen LogP contribution in [0.15, 0.2) is 64.4 Å². The monoisotopic (exact) mass is 503 g/mol. The largest absolute Gasteiger partial charge is 0.465 e. The minimum atomic E-state index is -3.78. The number of halogens is 1. The first-order valence-electron chi connectivity index (χ1n) is 10.5. The Morgan fingerprint density at radius 1 is 0.971 bits per heavy atom. The van der Waals surface area contributed by atoms with Crippen molar-refractivity contribution in [2.75, 3.05) is 19.4 Å². The highest BCUT2D eigenvalue weighted by Gasteiger charge is 2.20. The number of carbonyl (C=O) groups is 1. The number of sulfonamides is 1. The number of hydrogen-bond donors (Lipinski definition) is 1. The lowest BCUT2D eigenvalue weighted by Gasteiger charge is -2.12. The maximum Gasteiger partial charge on any atom is 0.338 e. The summed E-state index contributed by atoms with van der Waals surface area (Å²) in [7, 11) is -2.52. The van der Waals surface area contributed by atoms with E-state index < -0.39 is 16.0 Å². The first-order chi connectivity index (χ1) is 16.1. The summed E-state index contributed by atoms with van der Waals surface area (Å²) in [6.07, 6.45) is 0. The number of methoxy groups -OCH3 is 1. The lowest BCUT2D eigenvalue weighted by atomic mass is 10.0. The van der Waals surface area contributed by atoms with Gasteiger partial charge in [-0.15, -0.1) is 11.8 Å². The van der Waals surface area contributed by atoms with Crippen molar-refractivity contribution in [3.05, 3.63) is 82.7 Å². The standard InChI is InChI=1S/C25H26FNO5S2/c1-16-14-22(15-23(18(16)3)25(28)31-4)34(29,30)27-11-12-33-21-8-5-19(6-9-21)32-20-7-10-24(26)17(2)13-20/h5-10,13-15,27H,11-12H2,1-4H3. The van der Waals surface area contributed by atoms with Crippen molar-refractivity contribution < 1.29 is 27.1 Å². The lowest BCUT2D eigenvalue weighted by Crippen LogP contribution is -2.26. The molecule has 3 aromatic rings. The van der Waals surface area contributed by atoms with Crippen molar-refractivity contribution in [1.82, 2.24) is 4.72 Å². The number of thioether (sulfide) groups is 1. The van der Waals surface area contributed by atoms with Gasteiger partial charge in [-0.25, -0.2) is 22.3 Å². The zero-order chi connectivity index (χ0) is 24.9. The maximum absolute atomic E-state index is 13.4. The Morgan fingerprint density at radius 2 is 1.65 bits per heavy atom. The highest BCUT2D eigenvalue weighted by molar-refractivity contribution is 7.99. The molecule has 0 aromatic heterocycles. The van der Waals surface area contributed by atoms with Crippen LogP contribution in [0.2, 0.25) is 0 Å². The number of nitrogens with one attached hydrogen (secondary N) is 1. The summed E-state index contributed by atoms with van der Waals surface area (Å²) in [6.45, 7) is 5.38. The predicted octanol–water partition coefficient (Wildman–Crippen LogP) is 5.40. The first kappa shape index (κ1) is 25.7. The fraction of sp³-hybridized carbons (Fsp3) is 0.240. The van der Waals surface area contributed by atoms with E-state index in [2.05, 4.69) is 4.72 Å². The topological polar surface area (TPSA) is 81.7 Å². The van der Waals surface area contributed by atoms with Crippen LogP contribution in [0.4, 0.5) is 4.39 Å². The summed E-state index contributed by atoms with van der Waals surface area (Å²) >= 11 is 1.49. The van der Waals surface area contributed by atoms with Gasteiger partial charge in [0.25, 0.3) is 0 Å². The van der Waals surface area contributed by atoms with E-state index in [4.69, 9.17) is 9.47 Å². The normalized spacial score (nSPS) is 11.3. The molecule has 0 aliphatic rings.